The number of nitrogens with zero attached hydrogens (tertiary/aromatic N) is 6. The Labute approximate surface area is 226 Å². The van der Waals surface area contributed by atoms with Crippen molar-refractivity contribution in [3.05, 3.63) is 94.5 Å². The summed E-state index contributed by atoms with van der Waals surface area (Å²) >= 11 is 0. The molecule has 13 heteroatoms. The average molecular weight is 549 g/mol. The van der Waals surface area contributed by atoms with E-state index in [4.69, 9.17) is 5.73 Å². The molecular weight excluding hydrogens is 525 g/mol. The summed E-state index contributed by atoms with van der Waals surface area (Å²) in [6.07, 6.45) is -4.62. The summed E-state index contributed by atoms with van der Waals surface area (Å²) < 4.78 is 42.2. The van der Waals surface area contributed by atoms with E-state index in [-0.39, 0.29) is 23.9 Å². The number of hydrazone groups is 1. The molecule has 1 aromatic heterocycles. The Morgan fingerprint density at radius 3 is 2.38 bits per heavy atom. The quantitative estimate of drug-likeness (QED) is 0.278. The van der Waals surface area contributed by atoms with Crippen LogP contribution in [0.2, 0.25) is 0 Å². The van der Waals surface area contributed by atoms with Crippen molar-refractivity contribution in [3.8, 4) is 0 Å². The minimum atomic E-state index is -4.62. The Bertz CT molecular complexity index is 1610. The molecule has 1 atom stereocenters. The van der Waals surface area contributed by atoms with Crippen molar-refractivity contribution in [2.24, 2.45) is 5.10 Å². The second-order valence-corrected chi connectivity index (χ2v) is 9.32. The van der Waals surface area contributed by atoms with E-state index in [0.717, 1.165) is 27.9 Å². The lowest BCUT2D eigenvalue weighted by atomic mass is 9.90. The van der Waals surface area contributed by atoms with Crippen LogP contribution in [0.1, 0.15) is 33.7 Å². The van der Waals surface area contributed by atoms with E-state index >= 15 is 0 Å². The van der Waals surface area contributed by atoms with Gasteiger partial charge in [-0.05, 0) is 70.8 Å². The molecule has 1 aliphatic heterocycles. The van der Waals surface area contributed by atoms with Crippen LogP contribution in [-0.4, -0.2) is 37.7 Å². The number of halogens is 3. The first kappa shape index (κ1) is 26.5. The van der Waals surface area contributed by atoms with Gasteiger partial charge in [-0.25, -0.2) is 10.1 Å². The number of anilines is 3. The molecule has 1 unspecified atom stereocenters. The number of rotatable bonds is 6. The number of carbonyl (C=O) groups is 2. The van der Waals surface area contributed by atoms with Crippen LogP contribution >= 0.6 is 0 Å². The summed E-state index contributed by atoms with van der Waals surface area (Å²) in [5.41, 5.74) is 10.3. The van der Waals surface area contributed by atoms with E-state index in [9.17, 15) is 22.8 Å². The van der Waals surface area contributed by atoms with Gasteiger partial charge < -0.3 is 5.73 Å². The molecule has 0 saturated heterocycles. The van der Waals surface area contributed by atoms with Crippen LogP contribution in [0.3, 0.4) is 0 Å². The normalized spacial score (nSPS) is 15.3. The Balaban J connectivity index is 1.62. The molecule has 204 valence electrons. The molecule has 0 radical (unpaired) electrons. The summed E-state index contributed by atoms with van der Waals surface area (Å²) in [4.78, 5) is 28.0. The Kier molecular flexibility index (Phi) is 6.80. The predicted molar refractivity (Wildman–Crippen MR) is 141 cm³/mol. The molecule has 0 aliphatic carbocycles. The molecule has 2 amide bonds. The van der Waals surface area contributed by atoms with Gasteiger partial charge in [0.05, 0.1) is 17.0 Å². The third kappa shape index (κ3) is 5.13. The fourth-order valence-corrected chi connectivity index (χ4v) is 4.67. The van der Waals surface area contributed by atoms with Gasteiger partial charge in [0.2, 0.25) is 11.9 Å². The van der Waals surface area contributed by atoms with Crippen LogP contribution in [0.15, 0.2) is 71.8 Å². The molecule has 0 fully saturated rings. The number of nitrogens with one attached hydrogen (secondary N) is 1. The summed E-state index contributed by atoms with van der Waals surface area (Å²) in [7, 11) is 0. The number of alkyl halides is 3. The summed E-state index contributed by atoms with van der Waals surface area (Å²) in [5, 5.41) is 14.8. The summed E-state index contributed by atoms with van der Waals surface area (Å²) in [6.45, 7) is 3.33. The molecule has 0 saturated carbocycles. The molecule has 5 rings (SSSR count). The highest BCUT2D eigenvalue weighted by Crippen LogP contribution is 2.46. The van der Waals surface area contributed by atoms with Gasteiger partial charge in [-0.2, -0.15) is 18.3 Å². The van der Waals surface area contributed by atoms with Gasteiger partial charge in [-0.3, -0.25) is 14.5 Å². The zero-order valence-electron chi connectivity index (χ0n) is 21.3. The molecule has 40 heavy (non-hydrogen) atoms. The monoisotopic (exact) mass is 548 g/mol. The molecule has 3 N–H and O–H groups in total. The maximum atomic E-state index is 14.1. The largest absolute Gasteiger partial charge is 0.416 e. The van der Waals surface area contributed by atoms with Crippen molar-refractivity contribution >= 4 is 34.8 Å². The maximum Gasteiger partial charge on any atom is 0.416 e. The van der Waals surface area contributed by atoms with Gasteiger partial charge in [-0.1, -0.05) is 47.6 Å². The van der Waals surface area contributed by atoms with Crippen LogP contribution in [0.5, 0.6) is 0 Å². The topological polar surface area (TPSA) is 131 Å². The third-order valence-electron chi connectivity index (χ3n) is 6.34. The highest BCUT2D eigenvalue weighted by molar-refractivity contribution is 6.26. The molecule has 10 nitrogen and oxygen atoms in total. The fraction of sp³-hybridized carbons (Fsp3) is 0.185. The second kappa shape index (κ2) is 10.2. The first-order chi connectivity index (χ1) is 19.0. The van der Waals surface area contributed by atoms with Crippen molar-refractivity contribution in [2.75, 3.05) is 10.6 Å². The summed E-state index contributed by atoms with van der Waals surface area (Å²) in [6, 6.07) is 17.2. The second-order valence-electron chi connectivity index (χ2n) is 9.32. The Hall–Kier alpha value is -5.07. The number of carbonyl (C=O) groups excluding carboxylic acids is 2. The van der Waals surface area contributed by atoms with Crippen LogP contribution in [0.25, 0.3) is 0 Å². The maximum absolute atomic E-state index is 14.1. The Morgan fingerprint density at radius 1 is 1.05 bits per heavy atom. The highest BCUT2D eigenvalue weighted by atomic mass is 19.4. The number of nitrogens with two attached hydrogens (primary N) is 1. The number of fused-ring (bicyclic) bond motifs is 1. The lowest BCUT2D eigenvalue weighted by Crippen LogP contribution is -2.31. The van der Waals surface area contributed by atoms with Gasteiger partial charge in [0.15, 0.2) is 0 Å². The molecule has 4 aromatic rings. The first-order valence-corrected chi connectivity index (χ1v) is 12.1. The molecule has 0 spiro atoms. The van der Waals surface area contributed by atoms with E-state index < -0.39 is 29.5 Å². The number of amides is 2. The first-order valence-electron chi connectivity index (χ1n) is 12.1. The van der Waals surface area contributed by atoms with Gasteiger partial charge in [0, 0.05) is 5.69 Å². The van der Waals surface area contributed by atoms with Crippen molar-refractivity contribution in [3.63, 3.8) is 0 Å². The third-order valence-corrected chi connectivity index (χ3v) is 6.34. The van der Waals surface area contributed by atoms with E-state index in [1.165, 1.54) is 11.0 Å². The van der Waals surface area contributed by atoms with Gasteiger partial charge >= 0.3 is 6.18 Å². The average Bonchev–Trinajstić information content (AvgIpc) is 3.43. The van der Waals surface area contributed by atoms with E-state index in [1.54, 1.807) is 42.5 Å². The van der Waals surface area contributed by atoms with Gasteiger partial charge in [0.25, 0.3) is 5.91 Å². The van der Waals surface area contributed by atoms with Crippen LogP contribution < -0.4 is 16.1 Å². The molecule has 0 bridgehead atoms. The number of nitrogen functional groups attached to an aromatic ring is 1. The van der Waals surface area contributed by atoms with Crippen molar-refractivity contribution in [1.82, 2.24) is 25.6 Å². The van der Waals surface area contributed by atoms with Crippen LogP contribution in [0, 0.1) is 13.8 Å². The molecular formula is C27H23F3N8O2. The number of tetrazole rings is 1. The Morgan fingerprint density at radius 2 is 1.75 bits per heavy atom. The van der Waals surface area contributed by atoms with Gasteiger partial charge in [0.1, 0.15) is 12.5 Å². The van der Waals surface area contributed by atoms with Crippen molar-refractivity contribution in [1.29, 1.82) is 0 Å². The number of benzene rings is 3. The fourth-order valence-electron chi connectivity index (χ4n) is 4.67. The molecule has 2 heterocycles. The number of hydrogen-bond acceptors (Lipinski definition) is 7. The summed E-state index contributed by atoms with van der Waals surface area (Å²) in [5.74, 6) is -2.33. The zero-order valence-corrected chi connectivity index (χ0v) is 21.3. The van der Waals surface area contributed by atoms with Crippen LogP contribution in [-0.2, 0) is 22.3 Å². The van der Waals surface area contributed by atoms with Crippen molar-refractivity contribution in [2.45, 2.75) is 32.5 Å². The van der Waals surface area contributed by atoms with Gasteiger partial charge in [-0.15, -0.1) is 0 Å². The standard InChI is InChI=1S/C27H23F3N8O2/c1-15-10-16(2)12-19(11-15)38-21-13-18(27(28,29)30)8-9-20(21)23(25(38)40)24(17-6-4-3-5-7-17)33-32-22(39)14-37-26(31)34-35-36-37/h3-13,23H,14H2,1-2H3,(H,32,39)(H2,31,34,36)/b33-24-. The number of aryl methyl sites for hydroxylation is 2. The van der Waals surface area contributed by atoms with E-state index in [0.29, 0.717) is 16.8 Å². The minimum Gasteiger partial charge on any atom is -0.367 e. The predicted octanol–water partition coefficient (Wildman–Crippen LogP) is 3.87. The molecule has 3 aromatic carbocycles. The number of hydrogen-bond donors (Lipinski definition) is 2. The SMILES string of the molecule is Cc1cc(C)cc(N2C(=O)C(/C(=N\NC(=O)Cn3nnnc3N)c3ccccc3)c3ccc(C(F)(F)F)cc32)c1. The van der Waals surface area contributed by atoms with Crippen LogP contribution in [0.4, 0.5) is 30.5 Å². The highest BCUT2D eigenvalue weighted by Gasteiger charge is 2.44. The van der Waals surface area contributed by atoms with Crippen molar-refractivity contribution < 1.29 is 22.8 Å². The molecule has 1 aliphatic rings. The van der Waals surface area contributed by atoms with E-state index in [2.05, 4.69) is 26.1 Å². The van der Waals surface area contributed by atoms with E-state index in [1.807, 2.05) is 19.9 Å². The minimum absolute atomic E-state index is 0.0770. The lowest BCUT2D eigenvalue weighted by Gasteiger charge is -2.20. The zero-order chi connectivity index (χ0) is 28.6. The smallest absolute Gasteiger partial charge is 0.367 e. The lowest BCUT2D eigenvalue weighted by molar-refractivity contribution is -0.137. The number of aromatic nitrogens is 4.